The maximum Gasteiger partial charge on any atom is 0.321 e. The third kappa shape index (κ3) is 6.99. The lowest BCUT2D eigenvalue weighted by Crippen LogP contribution is -2.48. The van der Waals surface area contributed by atoms with Gasteiger partial charge in [0.05, 0.1) is 5.69 Å². The highest BCUT2D eigenvalue weighted by molar-refractivity contribution is 7.13. The van der Waals surface area contributed by atoms with Gasteiger partial charge in [-0.25, -0.2) is 4.98 Å². The summed E-state index contributed by atoms with van der Waals surface area (Å²) in [7, 11) is 0. The second-order valence-corrected chi connectivity index (χ2v) is 7.62. The Morgan fingerprint density at radius 1 is 1.11 bits per heavy atom. The van der Waals surface area contributed by atoms with Crippen molar-refractivity contribution in [2.45, 2.75) is 45.3 Å². The van der Waals surface area contributed by atoms with E-state index in [9.17, 15) is 19.8 Å². The first-order valence-corrected chi connectivity index (χ1v) is 9.67. The topological polar surface area (TPSA) is 112 Å². The van der Waals surface area contributed by atoms with Crippen LogP contribution in [0.15, 0.2) is 35.7 Å². The molecule has 0 bridgehead atoms. The third-order valence-electron chi connectivity index (χ3n) is 3.96. The maximum absolute atomic E-state index is 11.6. The smallest absolute Gasteiger partial charge is 0.321 e. The minimum atomic E-state index is -1.09. The first-order chi connectivity index (χ1) is 12.8. The van der Waals surface area contributed by atoms with E-state index >= 15 is 0 Å². The van der Waals surface area contributed by atoms with Crippen molar-refractivity contribution >= 4 is 28.4 Å². The van der Waals surface area contributed by atoms with E-state index in [1.54, 1.807) is 5.38 Å². The van der Waals surface area contributed by atoms with Gasteiger partial charge in [0.1, 0.15) is 12.1 Å². The zero-order valence-corrected chi connectivity index (χ0v) is 16.2. The molecule has 0 spiro atoms. The second-order valence-electron chi connectivity index (χ2n) is 6.77. The molecule has 0 aliphatic carbocycles. The lowest BCUT2D eigenvalue weighted by molar-refractivity contribution is -0.142. The van der Waals surface area contributed by atoms with Crippen LogP contribution in [0, 0.1) is 5.92 Å². The number of thiazole rings is 1. The molecule has 0 saturated carbocycles. The number of hydrogen-bond acceptors (Lipinski definition) is 6. The van der Waals surface area contributed by atoms with Crippen LogP contribution in [0.3, 0.4) is 0 Å². The number of aliphatic carboxylic acids is 2. The van der Waals surface area contributed by atoms with Crippen molar-refractivity contribution in [3.8, 4) is 0 Å². The van der Waals surface area contributed by atoms with Crippen LogP contribution >= 0.6 is 11.3 Å². The summed E-state index contributed by atoms with van der Waals surface area (Å²) in [4.78, 5) is 27.4. The van der Waals surface area contributed by atoms with Gasteiger partial charge < -0.3 is 15.5 Å². The molecule has 1 unspecified atom stereocenters. The van der Waals surface area contributed by atoms with Gasteiger partial charge in [0.2, 0.25) is 0 Å². The Kier molecular flexibility index (Phi) is 7.75. The summed E-state index contributed by atoms with van der Waals surface area (Å²) in [6.45, 7) is 4.43. The molecular weight excluding hydrogens is 366 g/mol. The average molecular weight is 391 g/mol. The summed E-state index contributed by atoms with van der Waals surface area (Å²) in [5, 5.41) is 27.2. The predicted octanol–water partition coefficient (Wildman–Crippen LogP) is 2.84. The number of anilines is 1. The molecule has 8 heteroatoms. The second kappa shape index (κ2) is 10.0. The van der Waals surface area contributed by atoms with Gasteiger partial charge in [-0.05, 0) is 17.9 Å². The normalized spacial score (nSPS) is 13.3. The van der Waals surface area contributed by atoms with Gasteiger partial charge in [-0.3, -0.25) is 14.9 Å². The summed E-state index contributed by atoms with van der Waals surface area (Å²) in [5.74, 6) is -1.99. The Morgan fingerprint density at radius 3 is 2.37 bits per heavy atom. The average Bonchev–Trinajstić information content (AvgIpc) is 3.06. The van der Waals surface area contributed by atoms with Crippen molar-refractivity contribution in [3.05, 3.63) is 47.0 Å². The lowest BCUT2D eigenvalue weighted by atomic mass is 10.0. The number of aromatic nitrogens is 1. The van der Waals surface area contributed by atoms with Crippen LogP contribution in [-0.2, 0) is 22.6 Å². The molecule has 7 nitrogen and oxygen atoms in total. The SMILES string of the molecule is CC(C)CC(N[C@@H](Cc1csc(NCc2ccccc2)n1)C(=O)O)C(=O)O. The summed E-state index contributed by atoms with van der Waals surface area (Å²) in [6, 6.07) is 7.98. The Labute approximate surface area is 162 Å². The van der Waals surface area contributed by atoms with Crippen LogP contribution in [0.1, 0.15) is 31.5 Å². The maximum atomic E-state index is 11.6. The molecule has 0 aliphatic heterocycles. The summed E-state index contributed by atoms with van der Waals surface area (Å²) >= 11 is 1.40. The van der Waals surface area contributed by atoms with E-state index in [0.717, 1.165) is 5.56 Å². The van der Waals surface area contributed by atoms with E-state index in [-0.39, 0.29) is 12.3 Å². The van der Waals surface area contributed by atoms with Crippen molar-refractivity contribution < 1.29 is 19.8 Å². The molecule has 1 aromatic carbocycles. The molecule has 1 aromatic heterocycles. The monoisotopic (exact) mass is 391 g/mol. The van der Waals surface area contributed by atoms with E-state index in [1.165, 1.54) is 11.3 Å². The first-order valence-electron chi connectivity index (χ1n) is 8.79. The fourth-order valence-corrected chi connectivity index (χ4v) is 3.36. The van der Waals surface area contributed by atoms with Gasteiger partial charge >= 0.3 is 11.9 Å². The summed E-state index contributed by atoms with van der Waals surface area (Å²) in [6.07, 6.45) is 0.487. The number of nitrogens with one attached hydrogen (secondary N) is 2. The molecule has 0 radical (unpaired) electrons. The summed E-state index contributed by atoms with van der Waals surface area (Å²) < 4.78 is 0. The van der Waals surface area contributed by atoms with E-state index in [0.29, 0.717) is 23.8 Å². The van der Waals surface area contributed by atoms with Crippen molar-refractivity contribution in [3.63, 3.8) is 0 Å². The number of hydrogen-bond donors (Lipinski definition) is 4. The Bertz CT molecular complexity index is 748. The summed E-state index contributed by atoms with van der Waals surface area (Å²) in [5.41, 5.74) is 1.74. The molecule has 2 atom stereocenters. The highest BCUT2D eigenvalue weighted by atomic mass is 32.1. The van der Waals surface area contributed by atoms with Crippen molar-refractivity contribution in [2.24, 2.45) is 5.92 Å². The van der Waals surface area contributed by atoms with E-state index in [1.807, 2.05) is 44.2 Å². The highest BCUT2D eigenvalue weighted by Crippen LogP contribution is 2.18. The van der Waals surface area contributed by atoms with Crippen LogP contribution < -0.4 is 10.6 Å². The minimum absolute atomic E-state index is 0.126. The van der Waals surface area contributed by atoms with Gasteiger partial charge in [-0.15, -0.1) is 11.3 Å². The Morgan fingerprint density at radius 2 is 1.78 bits per heavy atom. The Hall–Kier alpha value is -2.45. The number of benzene rings is 1. The highest BCUT2D eigenvalue weighted by Gasteiger charge is 2.27. The molecule has 27 heavy (non-hydrogen) atoms. The van der Waals surface area contributed by atoms with Gasteiger partial charge in [-0.1, -0.05) is 44.2 Å². The number of nitrogens with zero attached hydrogens (tertiary/aromatic N) is 1. The number of carboxylic acids is 2. The van der Waals surface area contributed by atoms with Crippen LogP contribution in [0.2, 0.25) is 0 Å². The molecule has 0 aliphatic rings. The molecule has 0 amide bonds. The van der Waals surface area contributed by atoms with Gasteiger partial charge in [0.25, 0.3) is 0 Å². The molecule has 2 aromatic rings. The third-order valence-corrected chi connectivity index (χ3v) is 4.81. The van der Waals surface area contributed by atoms with Crippen LogP contribution in [-0.4, -0.2) is 39.2 Å². The molecule has 1 heterocycles. The van der Waals surface area contributed by atoms with Crippen molar-refractivity contribution in [2.75, 3.05) is 5.32 Å². The molecule has 0 saturated heterocycles. The van der Waals surface area contributed by atoms with Crippen LogP contribution in [0.25, 0.3) is 0 Å². The van der Waals surface area contributed by atoms with Gasteiger partial charge in [-0.2, -0.15) is 0 Å². The number of carbonyl (C=O) groups is 2. The molecular formula is C19H25N3O4S. The van der Waals surface area contributed by atoms with Crippen LogP contribution in [0.4, 0.5) is 5.13 Å². The quantitative estimate of drug-likeness (QED) is 0.466. The van der Waals surface area contributed by atoms with E-state index < -0.39 is 24.0 Å². The zero-order valence-electron chi connectivity index (χ0n) is 15.4. The number of rotatable bonds is 11. The van der Waals surface area contributed by atoms with Gasteiger partial charge in [0.15, 0.2) is 5.13 Å². The Balaban J connectivity index is 1.96. The molecule has 4 N–H and O–H groups in total. The molecule has 0 fully saturated rings. The lowest BCUT2D eigenvalue weighted by Gasteiger charge is -2.21. The van der Waals surface area contributed by atoms with Crippen molar-refractivity contribution in [1.82, 2.24) is 10.3 Å². The molecule has 2 rings (SSSR count). The molecule has 146 valence electrons. The van der Waals surface area contributed by atoms with E-state index in [2.05, 4.69) is 15.6 Å². The fraction of sp³-hybridized carbons (Fsp3) is 0.421. The van der Waals surface area contributed by atoms with Gasteiger partial charge in [0, 0.05) is 18.3 Å². The van der Waals surface area contributed by atoms with E-state index in [4.69, 9.17) is 0 Å². The standard InChI is InChI=1S/C19H25N3O4S/c1-12(2)8-15(17(23)24)22-16(18(25)26)9-14-11-27-19(21-14)20-10-13-6-4-3-5-7-13/h3-7,11-12,15-16,22H,8-10H2,1-2H3,(H,20,21)(H,23,24)(H,25,26)/t15?,16-/m0/s1. The minimum Gasteiger partial charge on any atom is -0.480 e. The fourth-order valence-electron chi connectivity index (χ4n) is 2.64. The number of carboxylic acid groups (broad SMARTS) is 2. The van der Waals surface area contributed by atoms with Crippen molar-refractivity contribution in [1.29, 1.82) is 0 Å². The first kappa shape index (κ1) is 20.9. The van der Waals surface area contributed by atoms with Crippen LogP contribution in [0.5, 0.6) is 0 Å². The predicted molar refractivity (Wildman–Crippen MR) is 105 cm³/mol. The zero-order chi connectivity index (χ0) is 19.8. The largest absolute Gasteiger partial charge is 0.480 e.